The largest absolute Gasteiger partial charge is 0.465 e. The second-order valence-electron chi connectivity index (χ2n) is 3.97. The van der Waals surface area contributed by atoms with Crippen LogP contribution in [0.1, 0.15) is 17.5 Å². The molecule has 1 aromatic heterocycles. The topological polar surface area (TPSA) is 85.6 Å². The number of benzene rings is 1. The number of ether oxygens (including phenoxy) is 1. The highest BCUT2D eigenvalue weighted by molar-refractivity contribution is 5.96. The zero-order valence-corrected chi connectivity index (χ0v) is 10.8. The van der Waals surface area contributed by atoms with Gasteiger partial charge >= 0.3 is 11.6 Å². The Kier molecular flexibility index (Phi) is 4.14. The Labute approximate surface area is 114 Å². The molecule has 1 N–H and O–H groups in total. The fourth-order valence-electron chi connectivity index (χ4n) is 1.70. The molecular weight excluding hydrogens is 262 g/mol. The Morgan fingerprint density at radius 2 is 2.05 bits per heavy atom. The number of carbonyl (C=O) groups excluding carboxylic acids is 2. The lowest BCUT2D eigenvalue weighted by molar-refractivity contribution is -0.141. The van der Waals surface area contributed by atoms with Crippen molar-refractivity contribution < 1.29 is 18.7 Å². The van der Waals surface area contributed by atoms with Crippen molar-refractivity contribution in [3.8, 4) is 0 Å². The molecule has 0 saturated carbocycles. The molecule has 0 bridgehead atoms. The molecule has 0 atom stereocenters. The zero-order valence-electron chi connectivity index (χ0n) is 10.8. The van der Waals surface area contributed by atoms with E-state index in [4.69, 9.17) is 4.42 Å². The maximum Gasteiger partial charge on any atom is 0.344 e. The number of carbonyl (C=O) groups is 2. The van der Waals surface area contributed by atoms with Crippen molar-refractivity contribution in [1.82, 2.24) is 5.32 Å². The van der Waals surface area contributed by atoms with Gasteiger partial charge in [0.05, 0.1) is 12.0 Å². The lowest BCUT2D eigenvalue weighted by Crippen LogP contribution is -2.31. The van der Waals surface area contributed by atoms with Crippen molar-refractivity contribution in [2.45, 2.75) is 6.92 Å². The predicted octanol–water partition coefficient (Wildman–Crippen LogP) is 1.09. The van der Waals surface area contributed by atoms with Gasteiger partial charge in [-0.1, -0.05) is 18.2 Å². The third kappa shape index (κ3) is 3.03. The molecular formula is C14H13NO5. The van der Waals surface area contributed by atoms with Gasteiger partial charge in [0.25, 0.3) is 5.91 Å². The van der Waals surface area contributed by atoms with E-state index in [1.54, 1.807) is 31.2 Å². The third-order valence-electron chi connectivity index (χ3n) is 2.59. The molecule has 0 fully saturated rings. The highest BCUT2D eigenvalue weighted by Gasteiger charge is 2.13. The molecule has 0 spiro atoms. The molecule has 104 valence electrons. The van der Waals surface area contributed by atoms with E-state index in [0.717, 1.165) is 0 Å². The molecule has 6 nitrogen and oxygen atoms in total. The van der Waals surface area contributed by atoms with Gasteiger partial charge in [0.1, 0.15) is 6.54 Å². The van der Waals surface area contributed by atoms with Crippen LogP contribution in [0.5, 0.6) is 0 Å². The average Bonchev–Trinajstić information content (AvgIpc) is 2.45. The first kappa shape index (κ1) is 13.8. The minimum absolute atomic E-state index is 0.141. The fourth-order valence-corrected chi connectivity index (χ4v) is 1.70. The van der Waals surface area contributed by atoms with Crippen LogP contribution in [-0.2, 0) is 9.53 Å². The Hall–Kier alpha value is -2.63. The minimum atomic E-state index is -0.638. The van der Waals surface area contributed by atoms with E-state index in [2.05, 4.69) is 10.1 Å². The Morgan fingerprint density at radius 1 is 1.30 bits per heavy atom. The molecule has 6 heteroatoms. The molecule has 0 aliphatic rings. The molecule has 20 heavy (non-hydrogen) atoms. The molecule has 0 unspecified atom stereocenters. The summed E-state index contributed by atoms with van der Waals surface area (Å²) in [5.74, 6) is -1.33. The molecule has 1 heterocycles. The van der Waals surface area contributed by atoms with Gasteiger partial charge in [-0.25, -0.2) is 4.79 Å². The maximum atomic E-state index is 11.8. The Morgan fingerprint density at radius 3 is 2.80 bits per heavy atom. The monoisotopic (exact) mass is 275 g/mol. The summed E-state index contributed by atoms with van der Waals surface area (Å²) < 4.78 is 9.60. The van der Waals surface area contributed by atoms with Crippen LogP contribution in [0.15, 0.2) is 39.5 Å². The molecule has 2 aromatic rings. The van der Waals surface area contributed by atoms with Crippen molar-refractivity contribution in [3.05, 3.63) is 46.5 Å². The second-order valence-corrected chi connectivity index (χ2v) is 3.97. The standard InChI is InChI=1S/C14H13NO5/c1-2-19-12(16)8-15-13(17)11-7-9-5-3-4-6-10(9)14(18)20-11/h3-7H,2,8H2,1H3,(H,15,17). The quantitative estimate of drug-likeness (QED) is 0.844. The van der Waals surface area contributed by atoms with Crippen LogP contribution in [0.3, 0.4) is 0 Å². The minimum Gasteiger partial charge on any atom is -0.465 e. The number of fused-ring (bicyclic) bond motifs is 1. The van der Waals surface area contributed by atoms with Crippen molar-refractivity contribution in [3.63, 3.8) is 0 Å². The van der Waals surface area contributed by atoms with Gasteiger partial charge < -0.3 is 14.5 Å². The van der Waals surface area contributed by atoms with Crippen LogP contribution in [0, 0.1) is 0 Å². The van der Waals surface area contributed by atoms with Gasteiger partial charge in [-0.05, 0) is 24.4 Å². The van der Waals surface area contributed by atoms with E-state index in [1.165, 1.54) is 6.07 Å². The predicted molar refractivity (Wildman–Crippen MR) is 71.5 cm³/mol. The first-order chi connectivity index (χ1) is 9.61. The molecule has 2 rings (SSSR count). The van der Waals surface area contributed by atoms with Gasteiger partial charge in [0.15, 0.2) is 5.76 Å². The number of hydrogen-bond acceptors (Lipinski definition) is 5. The number of esters is 1. The van der Waals surface area contributed by atoms with Gasteiger partial charge in [-0.2, -0.15) is 0 Å². The van der Waals surface area contributed by atoms with E-state index in [0.29, 0.717) is 10.8 Å². The number of rotatable bonds is 4. The average molecular weight is 275 g/mol. The van der Waals surface area contributed by atoms with E-state index in [-0.39, 0.29) is 18.9 Å². The smallest absolute Gasteiger partial charge is 0.344 e. The van der Waals surface area contributed by atoms with Crippen LogP contribution < -0.4 is 10.9 Å². The van der Waals surface area contributed by atoms with Crippen molar-refractivity contribution in [2.24, 2.45) is 0 Å². The summed E-state index contributed by atoms with van der Waals surface area (Å²) in [5, 5.41) is 3.33. The van der Waals surface area contributed by atoms with Crippen LogP contribution in [0.2, 0.25) is 0 Å². The fraction of sp³-hybridized carbons (Fsp3) is 0.214. The summed E-state index contributed by atoms with van der Waals surface area (Å²) in [6, 6.07) is 8.23. The van der Waals surface area contributed by atoms with E-state index < -0.39 is 17.5 Å². The first-order valence-electron chi connectivity index (χ1n) is 6.08. The number of amides is 1. The number of nitrogens with one attached hydrogen (secondary N) is 1. The summed E-state index contributed by atoms with van der Waals surface area (Å²) >= 11 is 0. The molecule has 1 aromatic carbocycles. The van der Waals surface area contributed by atoms with Crippen LogP contribution in [0.4, 0.5) is 0 Å². The van der Waals surface area contributed by atoms with E-state index in [9.17, 15) is 14.4 Å². The van der Waals surface area contributed by atoms with Crippen molar-refractivity contribution in [2.75, 3.05) is 13.2 Å². The van der Waals surface area contributed by atoms with Crippen molar-refractivity contribution in [1.29, 1.82) is 0 Å². The molecule has 0 radical (unpaired) electrons. The third-order valence-corrected chi connectivity index (χ3v) is 2.59. The number of hydrogen-bond donors (Lipinski definition) is 1. The van der Waals surface area contributed by atoms with Gasteiger partial charge in [-0.3, -0.25) is 9.59 Å². The highest BCUT2D eigenvalue weighted by atomic mass is 16.5. The summed E-state index contributed by atoms with van der Waals surface area (Å²) in [4.78, 5) is 34.6. The first-order valence-corrected chi connectivity index (χ1v) is 6.08. The van der Waals surface area contributed by atoms with Gasteiger partial charge in [0.2, 0.25) is 0 Å². The lowest BCUT2D eigenvalue weighted by Gasteiger charge is -2.04. The second kappa shape index (κ2) is 6.01. The summed E-state index contributed by atoms with van der Waals surface area (Å²) in [5.41, 5.74) is -0.593. The summed E-state index contributed by atoms with van der Waals surface area (Å²) in [6.07, 6.45) is 0. The van der Waals surface area contributed by atoms with Crippen LogP contribution in [-0.4, -0.2) is 25.0 Å². The van der Waals surface area contributed by atoms with Crippen LogP contribution >= 0.6 is 0 Å². The highest BCUT2D eigenvalue weighted by Crippen LogP contribution is 2.11. The van der Waals surface area contributed by atoms with E-state index in [1.807, 2.05) is 0 Å². The van der Waals surface area contributed by atoms with Gasteiger partial charge in [-0.15, -0.1) is 0 Å². The summed E-state index contributed by atoms with van der Waals surface area (Å²) in [7, 11) is 0. The Bertz CT molecular complexity index is 704. The zero-order chi connectivity index (χ0) is 14.5. The normalized spacial score (nSPS) is 10.2. The Balaban J connectivity index is 2.18. The molecule has 0 aliphatic carbocycles. The van der Waals surface area contributed by atoms with E-state index >= 15 is 0 Å². The SMILES string of the molecule is CCOC(=O)CNC(=O)c1cc2ccccc2c(=O)o1. The van der Waals surface area contributed by atoms with Crippen molar-refractivity contribution >= 4 is 22.6 Å². The van der Waals surface area contributed by atoms with Crippen LogP contribution in [0.25, 0.3) is 10.8 Å². The van der Waals surface area contributed by atoms with Gasteiger partial charge in [0, 0.05) is 0 Å². The molecule has 0 saturated heterocycles. The maximum absolute atomic E-state index is 11.8. The summed E-state index contributed by atoms with van der Waals surface area (Å²) in [6.45, 7) is 1.63. The molecule has 1 amide bonds. The molecule has 0 aliphatic heterocycles. The lowest BCUT2D eigenvalue weighted by atomic mass is 10.1.